The van der Waals surface area contributed by atoms with Crippen molar-refractivity contribution in [2.75, 3.05) is 13.2 Å². The smallest absolute Gasteiger partial charge is 0.339 e. The molecule has 0 bridgehead atoms. The Balaban J connectivity index is 1.87. The lowest BCUT2D eigenvalue weighted by Crippen LogP contribution is -2.37. The van der Waals surface area contributed by atoms with Crippen LogP contribution in [0.5, 0.6) is 5.75 Å². The number of carbonyl (C=O) groups is 1. The molecule has 1 heterocycles. The average Bonchev–Trinajstić information content (AvgIpc) is 2.63. The van der Waals surface area contributed by atoms with Crippen LogP contribution in [0.15, 0.2) is 21.3 Å². The van der Waals surface area contributed by atoms with Gasteiger partial charge in [-0.05, 0) is 50.7 Å². The van der Waals surface area contributed by atoms with E-state index in [-0.39, 0.29) is 18.1 Å². The molecule has 7 heteroatoms. The third-order valence-corrected chi connectivity index (χ3v) is 4.88. The lowest BCUT2D eigenvalue weighted by Gasteiger charge is -2.18. The molecule has 0 saturated heterocycles. The van der Waals surface area contributed by atoms with Crippen molar-refractivity contribution >= 4 is 28.5 Å². The maximum absolute atomic E-state index is 12.2. The zero-order chi connectivity index (χ0) is 18.7. The van der Waals surface area contributed by atoms with Gasteiger partial charge in [-0.2, -0.15) is 0 Å². The number of fused-ring (bicyclic) bond motifs is 3. The molecule has 1 aliphatic carbocycles. The van der Waals surface area contributed by atoms with Crippen LogP contribution in [-0.4, -0.2) is 30.3 Å². The Morgan fingerprint density at radius 2 is 2.08 bits per heavy atom. The first-order valence-corrected chi connectivity index (χ1v) is 9.22. The van der Waals surface area contributed by atoms with E-state index in [0.29, 0.717) is 29.3 Å². The lowest BCUT2D eigenvalue weighted by molar-refractivity contribution is -0.127. The molecule has 1 aliphatic rings. The van der Waals surface area contributed by atoms with E-state index in [1.54, 1.807) is 19.1 Å². The molecule has 2 N–H and O–H groups in total. The zero-order valence-corrected chi connectivity index (χ0v) is 15.4. The molecule has 2 aromatic rings. The van der Waals surface area contributed by atoms with Crippen molar-refractivity contribution in [3.63, 3.8) is 0 Å². The first kappa shape index (κ1) is 18.7. The van der Waals surface area contributed by atoms with E-state index in [0.717, 1.165) is 42.2 Å². The third-order valence-electron chi connectivity index (χ3n) is 4.58. The van der Waals surface area contributed by atoms with Crippen LogP contribution in [0.25, 0.3) is 11.0 Å². The molecule has 0 fully saturated rings. The van der Waals surface area contributed by atoms with Gasteiger partial charge >= 0.3 is 5.63 Å². The summed E-state index contributed by atoms with van der Waals surface area (Å²) in [4.78, 5) is 24.2. The van der Waals surface area contributed by atoms with Crippen molar-refractivity contribution in [2.45, 2.75) is 45.1 Å². The van der Waals surface area contributed by atoms with Gasteiger partial charge < -0.3 is 19.6 Å². The van der Waals surface area contributed by atoms with Crippen LogP contribution >= 0.6 is 11.6 Å². The molecule has 1 atom stereocenters. The summed E-state index contributed by atoms with van der Waals surface area (Å²) in [6.45, 7) is 1.99. The normalized spacial score (nSPS) is 14.7. The number of nitrogens with one attached hydrogen (secondary N) is 1. The molecule has 26 heavy (non-hydrogen) atoms. The van der Waals surface area contributed by atoms with E-state index in [1.165, 1.54) is 0 Å². The van der Waals surface area contributed by atoms with Crippen LogP contribution in [0, 0.1) is 0 Å². The SMILES string of the molecule is CC(Oc1cc2oc(=O)c3c(c2cc1Cl)CCCC3)C(=O)NCCCO. The topological polar surface area (TPSA) is 88.8 Å². The number of aliphatic hydroxyl groups is 1. The van der Waals surface area contributed by atoms with Crippen molar-refractivity contribution in [3.8, 4) is 5.75 Å². The number of halogens is 1. The van der Waals surface area contributed by atoms with Gasteiger partial charge in [0, 0.05) is 30.2 Å². The zero-order valence-electron chi connectivity index (χ0n) is 14.6. The molecular weight excluding hydrogens is 358 g/mol. The lowest BCUT2D eigenvalue weighted by atomic mass is 9.90. The van der Waals surface area contributed by atoms with Crippen LogP contribution in [0.2, 0.25) is 5.02 Å². The predicted octanol–water partition coefficient (Wildman–Crippen LogP) is 2.59. The van der Waals surface area contributed by atoms with E-state index < -0.39 is 6.10 Å². The second-order valence-electron chi connectivity index (χ2n) is 6.46. The Bertz CT molecular complexity index is 876. The number of amides is 1. The van der Waals surface area contributed by atoms with Crippen LogP contribution in [0.4, 0.5) is 0 Å². The Morgan fingerprint density at radius 3 is 2.81 bits per heavy atom. The standard InChI is InChI=1S/C19H22ClNO5/c1-11(18(23)21-7-4-8-22)25-17-10-16-14(9-15(17)20)12-5-2-3-6-13(12)19(24)26-16/h9-11,22H,2-8H2,1H3,(H,21,23). The quantitative estimate of drug-likeness (QED) is 0.595. The van der Waals surface area contributed by atoms with E-state index in [2.05, 4.69) is 5.32 Å². The first-order valence-electron chi connectivity index (χ1n) is 8.84. The van der Waals surface area contributed by atoms with Crippen molar-refractivity contribution in [3.05, 3.63) is 38.7 Å². The van der Waals surface area contributed by atoms with Gasteiger partial charge in [0.2, 0.25) is 0 Å². The Hall–Kier alpha value is -2.05. The molecule has 6 nitrogen and oxygen atoms in total. The van der Waals surface area contributed by atoms with Crippen LogP contribution < -0.4 is 15.7 Å². The van der Waals surface area contributed by atoms with E-state index in [1.807, 2.05) is 0 Å². The van der Waals surface area contributed by atoms with E-state index in [4.69, 9.17) is 25.9 Å². The summed E-state index contributed by atoms with van der Waals surface area (Å²) < 4.78 is 11.1. The van der Waals surface area contributed by atoms with E-state index >= 15 is 0 Å². The predicted molar refractivity (Wildman–Crippen MR) is 98.9 cm³/mol. The van der Waals surface area contributed by atoms with Gasteiger partial charge in [0.25, 0.3) is 5.91 Å². The maximum Gasteiger partial charge on any atom is 0.339 e. The minimum atomic E-state index is -0.770. The number of ether oxygens (including phenoxy) is 1. The molecular formula is C19H22ClNO5. The maximum atomic E-state index is 12.2. The number of aliphatic hydroxyl groups excluding tert-OH is 1. The highest BCUT2D eigenvalue weighted by Gasteiger charge is 2.21. The monoisotopic (exact) mass is 379 g/mol. The summed E-state index contributed by atoms with van der Waals surface area (Å²) in [5.41, 5.74) is 1.86. The molecule has 0 aliphatic heterocycles. The molecule has 140 valence electrons. The Kier molecular flexibility index (Phi) is 5.84. The number of aryl methyl sites for hydroxylation is 1. The highest BCUT2D eigenvalue weighted by molar-refractivity contribution is 6.32. The summed E-state index contributed by atoms with van der Waals surface area (Å²) in [5, 5.41) is 12.6. The van der Waals surface area contributed by atoms with Crippen LogP contribution in [-0.2, 0) is 17.6 Å². The Labute approximate surface area is 156 Å². The van der Waals surface area contributed by atoms with Crippen LogP contribution in [0.3, 0.4) is 0 Å². The minimum absolute atomic E-state index is 0.00930. The number of hydrogen-bond donors (Lipinski definition) is 2. The Morgan fingerprint density at radius 1 is 1.35 bits per heavy atom. The van der Waals surface area contributed by atoms with Gasteiger partial charge in [0.15, 0.2) is 6.10 Å². The van der Waals surface area contributed by atoms with Gasteiger partial charge in [0.1, 0.15) is 11.3 Å². The highest BCUT2D eigenvalue weighted by Crippen LogP contribution is 2.34. The number of rotatable bonds is 6. The average molecular weight is 380 g/mol. The third kappa shape index (κ3) is 3.86. The molecule has 1 amide bonds. The fraction of sp³-hybridized carbons (Fsp3) is 0.474. The fourth-order valence-corrected chi connectivity index (χ4v) is 3.42. The first-order chi connectivity index (χ1) is 12.5. The fourth-order valence-electron chi connectivity index (χ4n) is 3.21. The van der Waals surface area contributed by atoms with Gasteiger partial charge in [0.05, 0.1) is 5.02 Å². The number of carbonyl (C=O) groups excluding carboxylic acids is 1. The van der Waals surface area contributed by atoms with Gasteiger partial charge in [-0.1, -0.05) is 11.6 Å². The largest absolute Gasteiger partial charge is 0.479 e. The molecule has 1 aromatic heterocycles. The molecule has 0 radical (unpaired) electrons. The molecule has 0 spiro atoms. The second kappa shape index (κ2) is 8.10. The van der Waals surface area contributed by atoms with Crippen LogP contribution in [0.1, 0.15) is 37.3 Å². The second-order valence-corrected chi connectivity index (χ2v) is 6.87. The number of hydrogen-bond acceptors (Lipinski definition) is 5. The number of benzene rings is 1. The van der Waals surface area contributed by atoms with Crippen molar-refractivity contribution in [1.82, 2.24) is 5.32 Å². The summed E-state index contributed by atoms with van der Waals surface area (Å²) in [6.07, 6.45) is 3.29. The van der Waals surface area contributed by atoms with Gasteiger partial charge in [-0.15, -0.1) is 0 Å². The van der Waals surface area contributed by atoms with E-state index in [9.17, 15) is 9.59 Å². The minimum Gasteiger partial charge on any atom is -0.479 e. The van der Waals surface area contributed by atoms with Crippen molar-refractivity contribution in [2.24, 2.45) is 0 Å². The molecule has 0 saturated carbocycles. The molecule has 1 aromatic carbocycles. The summed E-state index contributed by atoms with van der Waals surface area (Å²) >= 11 is 6.35. The van der Waals surface area contributed by atoms with Gasteiger partial charge in [-0.25, -0.2) is 4.79 Å². The summed E-state index contributed by atoms with van der Waals surface area (Å²) in [5.74, 6) is -0.00982. The molecule has 3 rings (SSSR count). The van der Waals surface area contributed by atoms with Crippen molar-refractivity contribution in [1.29, 1.82) is 0 Å². The van der Waals surface area contributed by atoms with Crippen molar-refractivity contribution < 1.29 is 19.1 Å². The van der Waals surface area contributed by atoms with Gasteiger partial charge in [-0.3, -0.25) is 4.79 Å². The summed E-state index contributed by atoms with van der Waals surface area (Å²) in [6, 6.07) is 3.32. The summed E-state index contributed by atoms with van der Waals surface area (Å²) in [7, 11) is 0. The highest BCUT2D eigenvalue weighted by atomic mass is 35.5. The molecule has 1 unspecified atom stereocenters.